The van der Waals surface area contributed by atoms with Crippen LogP contribution in [0.15, 0.2) is 72.8 Å². The second-order valence-electron chi connectivity index (χ2n) is 8.21. The van der Waals surface area contributed by atoms with Crippen LogP contribution < -0.4 is 20.7 Å². The second-order valence-corrected chi connectivity index (χ2v) is 8.21. The first-order valence-corrected chi connectivity index (χ1v) is 11.7. The predicted molar refractivity (Wildman–Crippen MR) is 137 cm³/mol. The van der Waals surface area contributed by atoms with E-state index >= 15 is 0 Å². The SMILES string of the molecule is CCCCOc1ccc(C(=O)NCC(=O)NCc2cccc(NC(=O)c3ccc(C)cc3)c2)cc1. The summed E-state index contributed by atoms with van der Waals surface area (Å²) in [5.74, 6) is -0.132. The van der Waals surface area contributed by atoms with Crippen LogP contribution in [0.1, 0.15) is 51.6 Å². The highest BCUT2D eigenvalue weighted by molar-refractivity contribution is 6.04. The van der Waals surface area contributed by atoms with Gasteiger partial charge in [-0.2, -0.15) is 0 Å². The molecule has 0 bridgehead atoms. The number of aryl methyl sites for hydroxylation is 1. The topological polar surface area (TPSA) is 96.5 Å². The summed E-state index contributed by atoms with van der Waals surface area (Å²) in [5, 5.41) is 8.26. The van der Waals surface area contributed by atoms with E-state index < -0.39 is 0 Å². The minimum Gasteiger partial charge on any atom is -0.494 e. The molecule has 0 radical (unpaired) electrons. The number of unbranched alkanes of at least 4 members (excludes halogenated alkanes) is 1. The van der Waals surface area contributed by atoms with Crippen LogP contribution in [0.4, 0.5) is 5.69 Å². The Morgan fingerprint density at radius 2 is 1.51 bits per heavy atom. The normalized spacial score (nSPS) is 10.3. The number of nitrogens with one attached hydrogen (secondary N) is 3. The highest BCUT2D eigenvalue weighted by Gasteiger charge is 2.09. The molecule has 35 heavy (non-hydrogen) atoms. The van der Waals surface area contributed by atoms with Crippen molar-refractivity contribution in [3.05, 3.63) is 95.1 Å². The maximum Gasteiger partial charge on any atom is 0.255 e. The molecule has 0 aliphatic rings. The monoisotopic (exact) mass is 473 g/mol. The van der Waals surface area contributed by atoms with Crippen molar-refractivity contribution in [2.75, 3.05) is 18.5 Å². The summed E-state index contributed by atoms with van der Waals surface area (Å²) in [5.41, 5.74) is 3.57. The van der Waals surface area contributed by atoms with E-state index in [2.05, 4.69) is 22.9 Å². The lowest BCUT2D eigenvalue weighted by molar-refractivity contribution is -0.120. The standard InChI is InChI=1S/C28H31N3O4/c1-3-4-16-35-25-14-12-22(13-15-25)27(33)30-19-26(32)29-18-21-6-5-7-24(17-21)31-28(34)23-10-8-20(2)9-11-23/h5-15,17H,3-4,16,18-19H2,1-2H3,(H,29,32)(H,30,33)(H,31,34). The van der Waals surface area contributed by atoms with Crippen molar-refractivity contribution >= 4 is 23.4 Å². The molecule has 3 N–H and O–H groups in total. The predicted octanol–water partition coefficient (Wildman–Crippen LogP) is 4.47. The van der Waals surface area contributed by atoms with Crippen LogP contribution >= 0.6 is 0 Å². The van der Waals surface area contributed by atoms with Gasteiger partial charge in [-0.15, -0.1) is 0 Å². The summed E-state index contributed by atoms with van der Waals surface area (Å²) in [7, 11) is 0. The summed E-state index contributed by atoms with van der Waals surface area (Å²) in [4.78, 5) is 36.9. The van der Waals surface area contributed by atoms with E-state index in [9.17, 15) is 14.4 Å². The number of hydrogen-bond donors (Lipinski definition) is 3. The van der Waals surface area contributed by atoms with E-state index in [1.54, 1.807) is 48.5 Å². The fourth-order valence-electron chi connectivity index (χ4n) is 3.23. The van der Waals surface area contributed by atoms with Gasteiger partial charge in [0.05, 0.1) is 13.2 Å². The number of hydrogen-bond acceptors (Lipinski definition) is 4. The molecule has 3 aromatic rings. The zero-order valence-corrected chi connectivity index (χ0v) is 20.1. The van der Waals surface area contributed by atoms with Gasteiger partial charge in [0.25, 0.3) is 11.8 Å². The van der Waals surface area contributed by atoms with Crippen LogP contribution in [0.2, 0.25) is 0 Å². The van der Waals surface area contributed by atoms with Gasteiger partial charge in [-0.3, -0.25) is 14.4 Å². The number of ether oxygens (including phenoxy) is 1. The Bertz CT molecular complexity index is 1140. The Morgan fingerprint density at radius 3 is 2.23 bits per heavy atom. The molecule has 0 saturated heterocycles. The van der Waals surface area contributed by atoms with E-state index in [1.807, 2.05) is 31.2 Å². The molecule has 0 aromatic heterocycles. The van der Waals surface area contributed by atoms with Gasteiger partial charge in [0, 0.05) is 23.4 Å². The molecule has 0 spiro atoms. The lowest BCUT2D eigenvalue weighted by atomic mass is 10.1. The minimum absolute atomic E-state index is 0.141. The van der Waals surface area contributed by atoms with Gasteiger partial charge < -0.3 is 20.7 Å². The zero-order chi connectivity index (χ0) is 25.0. The maximum absolute atomic E-state index is 12.4. The smallest absolute Gasteiger partial charge is 0.255 e. The van der Waals surface area contributed by atoms with Gasteiger partial charge >= 0.3 is 0 Å². The zero-order valence-electron chi connectivity index (χ0n) is 20.1. The molecule has 7 heteroatoms. The molecule has 0 fully saturated rings. The van der Waals surface area contributed by atoms with Gasteiger partial charge in [0.2, 0.25) is 5.91 Å². The molecule has 0 aliphatic carbocycles. The highest BCUT2D eigenvalue weighted by atomic mass is 16.5. The van der Waals surface area contributed by atoms with Crippen molar-refractivity contribution in [3.8, 4) is 5.75 Å². The van der Waals surface area contributed by atoms with Crippen LogP contribution in [0, 0.1) is 6.92 Å². The number of carbonyl (C=O) groups excluding carboxylic acids is 3. The van der Waals surface area contributed by atoms with E-state index in [-0.39, 0.29) is 30.8 Å². The summed E-state index contributed by atoms with van der Waals surface area (Å²) < 4.78 is 5.59. The van der Waals surface area contributed by atoms with E-state index in [0.29, 0.717) is 29.2 Å². The summed E-state index contributed by atoms with van der Waals surface area (Å²) in [6, 6.07) is 21.4. The van der Waals surface area contributed by atoms with Gasteiger partial charge in [-0.1, -0.05) is 43.2 Å². The molecule has 3 rings (SSSR count). The van der Waals surface area contributed by atoms with Gasteiger partial charge in [-0.25, -0.2) is 0 Å². The van der Waals surface area contributed by atoms with Crippen LogP contribution in [-0.2, 0) is 11.3 Å². The molecule has 3 aromatic carbocycles. The van der Waals surface area contributed by atoms with Crippen molar-refractivity contribution in [3.63, 3.8) is 0 Å². The summed E-state index contributed by atoms with van der Waals surface area (Å²) in [6.07, 6.45) is 2.03. The number of carbonyl (C=O) groups is 3. The average Bonchev–Trinajstić information content (AvgIpc) is 2.87. The molecule has 0 unspecified atom stereocenters. The van der Waals surface area contributed by atoms with E-state index in [4.69, 9.17) is 4.74 Å². The van der Waals surface area contributed by atoms with Crippen molar-refractivity contribution in [1.82, 2.24) is 10.6 Å². The Kier molecular flexibility index (Phi) is 9.42. The van der Waals surface area contributed by atoms with E-state index in [0.717, 1.165) is 24.0 Å². The van der Waals surface area contributed by atoms with Crippen LogP contribution in [-0.4, -0.2) is 30.9 Å². The molecule has 0 heterocycles. The first kappa shape index (κ1) is 25.5. The molecule has 3 amide bonds. The van der Waals surface area contributed by atoms with Gasteiger partial charge in [0.1, 0.15) is 5.75 Å². The van der Waals surface area contributed by atoms with Crippen LogP contribution in [0.25, 0.3) is 0 Å². The Balaban J connectivity index is 1.43. The van der Waals surface area contributed by atoms with Crippen molar-refractivity contribution in [2.45, 2.75) is 33.2 Å². The van der Waals surface area contributed by atoms with Gasteiger partial charge in [0.15, 0.2) is 0 Å². The number of benzene rings is 3. The molecular weight excluding hydrogens is 442 g/mol. The van der Waals surface area contributed by atoms with E-state index in [1.165, 1.54) is 0 Å². The number of anilines is 1. The third kappa shape index (κ3) is 8.30. The third-order valence-electron chi connectivity index (χ3n) is 5.28. The first-order valence-electron chi connectivity index (χ1n) is 11.7. The first-order chi connectivity index (χ1) is 16.9. The minimum atomic E-state index is -0.332. The Labute approximate surface area is 205 Å². The lowest BCUT2D eigenvalue weighted by Gasteiger charge is -2.10. The van der Waals surface area contributed by atoms with Crippen molar-refractivity contribution in [2.24, 2.45) is 0 Å². The summed E-state index contributed by atoms with van der Waals surface area (Å²) >= 11 is 0. The number of amides is 3. The summed E-state index contributed by atoms with van der Waals surface area (Å²) in [6.45, 7) is 4.83. The molecule has 7 nitrogen and oxygen atoms in total. The quantitative estimate of drug-likeness (QED) is 0.358. The van der Waals surface area contributed by atoms with Crippen molar-refractivity contribution in [1.29, 1.82) is 0 Å². The third-order valence-corrected chi connectivity index (χ3v) is 5.28. The molecule has 0 atom stereocenters. The molecule has 182 valence electrons. The number of rotatable bonds is 11. The lowest BCUT2D eigenvalue weighted by Crippen LogP contribution is -2.36. The molecule has 0 saturated carbocycles. The fourth-order valence-corrected chi connectivity index (χ4v) is 3.23. The largest absolute Gasteiger partial charge is 0.494 e. The maximum atomic E-state index is 12.4. The van der Waals surface area contributed by atoms with Crippen LogP contribution in [0.3, 0.4) is 0 Å². The fraction of sp³-hybridized carbons (Fsp3) is 0.250. The second kappa shape index (κ2) is 12.9. The Hall–Kier alpha value is -4.13. The van der Waals surface area contributed by atoms with Crippen molar-refractivity contribution < 1.29 is 19.1 Å². The Morgan fingerprint density at radius 1 is 0.829 bits per heavy atom. The van der Waals surface area contributed by atoms with Crippen LogP contribution in [0.5, 0.6) is 5.75 Å². The van der Waals surface area contributed by atoms with Gasteiger partial charge in [-0.05, 0) is 67.4 Å². The highest BCUT2D eigenvalue weighted by Crippen LogP contribution is 2.14. The molecular formula is C28H31N3O4. The average molecular weight is 474 g/mol. The molecule has 0 aliphatic heterocycles.